The minimum absolute atomic E-state index is 0.184. The molecule has 1 fully saturated rings. The first-order valence-corrected chi connectivity index (χ1v) is 8.62. The van der Waals surface area contributed by atoms with Crippen molar-refractivity contribution in [2.75, 3.05) is 36.4 Å². The van der Waals surface area contributed by atoms with Crippen LogP contribution < -0.4 is 10.2 Å². The second-order valence-electron chi connectivity index (χ2n) is 5.99. The van der Waals surface area contributed by atoms with Crippen molar-refractivity contribution < 1.29 is 4.79 Å². The van der Waals surface area contributed by atoms with E-state index in [0.717, 1.165) is 5.56 Å². The van der Waals surface area contributed by atoms with Crippen molar-refractivity contribution in [1.82, 2.24) is 30.0 Å². The molecule has 0 spiro atoms. The van der Waals surface area contributed by atoms with Crippen molar-refractivity contribution in [2.24, 2.45) is 0 Å². The van der Waals surface area contributed by atoms with E-state index in [9.17, 15) is 4.79 Å². The quantitative estimate of drug-likeness (QED) is 0.756. The standard InChI is InChI=1S/C18H18N8O/c27-18(22-15-7-4-8-21-24-15)26-11-9-25(10-12-26)17-20-13-19-16(23-17)14-5-2-1-3-6-14/h1-8,13H,9-12H2,(H,22,24,27). The third-order valence-corrected chi connectivity index (χ3v) is 4.25. The summed E-state index contributed by atoms with van der Waals surface area (Å²) in [6.07, 6.45) is 3.09. The Morgan fingerprint density at radius 3 is 2.52 bits per heavy atom. The molecule has 1 aliphatic rings. The molecule has 27 heavy (non-hydrogen) atoms. The van der Waals surface area contributed by atoms with Crippen molar-refractivity contribution in [3.05, 3.63) is 55.0 Å². The van der Waals surface area contributed by atoms with Crippen LogP contribution in [0.4, 0.5) is 16.6 Å². The van der Waals surface area contributed by atoms with Gasteiger partial charge in [-0.15, -0.1) is 5.10 Å². The number of urea groups is 1. The van der Waals surface area contributed by atoms with Crippen LogP contribution in [0.5, 0.6) is 0 Å². The zero-order valence-electron chi connectivity index (χ0n) is 14.6. The van der Waals surface area contributed by atoms with Gasteiger partial charge in [0.15, 0.2) is 11.6 Å². The minimum Gasteiger partial charge on any atom is -0.337 e. The number of piperazine rings is 1. The number of carbonyl (C=O) groups excluding carboxylic acids is 1. The number of hydrogen-bond donors (Lipinski definition) is 1. The molecule has 1 N–H and O–H groups in total. The number of carbonyl (C=O) groups is 1. The van der Waals surface area contributed by atoms with Gasteiger partial charge in [0.2, 0.25) is 5.95 Å². The number of benzene rings is 1. The lowest BCUT2D eigenvalue weighted by molar-refractivity contribution is 0.208. The monoisotopic (exact) mass is 362 g/mol. The lowest BCUT2D eigenvalue weighted by atomic mass is 10.2. The van der Waals surface area contributed by atoms with E-state index in [0.29, 0.717) is 43.8 Å². The minimum atomic E-state index is -0.184. The normalized spacial score (nSPS) is 14.1. The van der Waals surface area contributed by atoms with Gasteiger partial charge >= 0.3 is 6.03 Å². The van der Waals surface area contributed by atoms with E-state index in [4.69, 9.17) is 0 Å². The fourth-order valence-corrected chi connectivity index (χ4v) is 2.83. The number of nitrogens with one attached hydrogen (secondary N) is 1. The molecule has 4 rings (SSSR count). The average Bonchev–Trinajstić information content (AvgIpc) is 2.75. The first-order chi connectivity index (χ1) is 13.3. The van der Waals surface area contributed by atoms with Crippen LogP contribution in [-0.4, -0.2) is 62.3 Å². The fourth-order valence-electron chi connectivity index (χ4n) is 2.83. The smallest absolute Gasteiger partial charge is 0.323 e. The van der Waals surface area contributed by atoms with Gasteiger partial charge < -0.3 is 9.80 Å². The fraction of sp³-hybridized carbons (Fsp3) is 0.222. The predicted octanol–water partition coefficient (Wildman–Crippen LogP) is 1.68. The largest absolute Gasteiger partial charge is 0.337 e. The molecule has 2 aromatic heterocycles. The maximum absolute atomic E-state index is 12.3. The molecule has 0 saturated carbocycles. The van der Waals surface area contributed by atoms with Crippen LogP contribution in [0.2, 0.25) is 0 Å². The molecule has 0 aliphatic carbocycles. The third kappa shape index (κ3) is 3.97. The van der Waals surface area contributed by atoms with E-state index in [2.05, 4.69) is 35.4 Å². The van der Waals surface area contributed by atoms with Gasteiger partial charge in [-0.1, -0.05) is 30.3 Å². The number of nitrogens with zero attached hydrogens (tertiary/aromatic N) is 7. The summed E-state index contributed by atoms with van der Waals surface area (Å²) in [5.41, 5.74) is 0.947. The van der Waals surface area contributed by atoms with Gasteiger partial charge in [0, 0.05) is 37.9 Å². The van der Waals surface area contributed by atoms with Crippen LogP contribution in [0.3, 0.4) is 0 Å². The second kappa shape index (κ2) is 7.73. The molecule has 0 unspecified atom stereocenters. The number of anilines is 2. The molecule has 0 atom stereocenters. The Hall–Kier alpha value is -3.62. The first-order valence-electron chi connectivity index (χ1n) is 8.62. The number of hydrogen-bond acceptors (Lipinski definition) is 7. The average molecular weight is 362 g/mol. The van der Waals surface area contributed by atoms with E-state index < -0.39 is 0 Å². The lowest BCUT2D eigenvalue weighted by Crippen LogP contribution is -2.50. The van der Waals surface area contributed by atoms with E-state index in [1.807, 2.05) is 30.3 Å². The van der Waals surface area contributed by atoms with E-state index in [1.54, 1.807) is 23.2 Å². The summed E-state index contributed by atoms with van der Waals surface area (Å²) in [5, 5.41) is 10.4. The highest BCUT2D eigenvalue weighted by Gasteiger charge is 2.23. The number of rotatable bonds is 3. The molecular weight excluding hydrogens is 344 g/mol. The van der Waals surface area contributed by atoms with Crippen molar-refractivity contribution >= 4 is 17.8 Å². The summed E-state index contributed by atoms with van der Waals surface area (Å²) < 4.78 is 0. The predicted molar refractivity (Wildman–Crippen MR) is 100 cm³/mol. The van der Waals surface area contributed by atoms with Gasteiger partial charge in [-0.2, -0.15) is 10.1 Å². The molecule has 0 bridgehead atoms. The van der Waals surface area contributed by atoms with Crippen molar-refractivity contribution in [3.63, 3.8) is 0 Å². The second-order valence-corrected chi connectivity index (χ2v) is 5.99. The highest BCUT2D eigenvalue weighted by molar-refractivity contribution is 5.88. The van der Waals surface area contributed by atoms with Crippen molar-refractivity contribution in [3.8, 4) is 11.4 Å². The van der Waals surface area contributed by atoms with E-state index in [1.165, 1.54) is 6.33 Å². The zero-order valence-corrected chi connectivity index (χ0v) is 14.6. The molecule has 1 aromatic carbocycles. The maximum Gasteiger partial charge on any atom is 0.323 e. The summed E-state index contributed by atoms with van der Waals surface area (Å²) in [6, 6.07) is 13.0. The van der Waals surface area contributed by atoms with E-state index >= 15 is 0 Å². The van der Waals surface area contributed by atoms with Gasteiger partial charge in [-0.05, 0) is 12.1 Å². The van der Waals surface area contributed by atoms with E-state index in [-0.39, 0.29) is 6.03 Å². The van der Waals surface area contributed by atoms with Crippen LogP contribution in [0.15, 0.2) is 55.0 Å². The molecule has 2 amide bonds. The Bertz CT molecular complexity index is 898. The number of aromatic nitrogens is 5. The summed E-state index contributed by atoms with van der Waals surface area (Å²) in [6.45, 7) is 2.43. The topological polar surface area (TPSA) is 100 Å². The molecule has 3 heterocycles. The highest BCUT2D eigenvalue weighted by Crippen LogP contribution is 2.17. The van der Waals surface area contributed by atoms with Crippen LogP contribution in [-0.2, 0) is 0 Å². The molecule has 1 aliphatic heterocycles. The van der Waals surface area contributed by atoms with Gasteiger partial charge in [0.05, 0.1) is 0 Å². The first kappa shape index (κ1) is 16.8. The van der Waals surface area contributed by atoms with Gasteiger partial charge in [-0.25, -0.2) is 14.8 Å². The summed E-state index contributed by atoms with van der Waals surface area (Å²) in [5.74, 6) is 1.70. The maximum atomic E-state index is 12.3. The third-order valence-electron chi connectivity index (χ3n) is 4.25. The van der Waals surface area contributed by atoms with Gasteiger partial charge in [0.25, 0.3) is 0 Å². The lowest BCUT2D eigenvalue weighted by Gasteiger charge is -2.34. The van der Waals surface area contributed by atoms with Gasteiger partial charge in [-0.3, -0.25) is 5.32 Å². The van der Waals surface area contributed by atoms with Crippen molar-refractivity contribution in [2.45, 2.75) is 0 Å². The molecule has 9 heteroatoms. The molecule has 3 aromatic rings. The summed E-state index contributed by atoms with van der Waals surface area (Å²) in [7, 11) is 0. The summed E-state index contributed by atoms with van der Waals surface area (Å²) >= 11 is 0. The molecule has 9 nitrogen and oxygen atoms in total. The van der Waals surface area contributed by atoms with Crippen LogP contribution in [0.1, 0.15) is 0 Å². The van der Waals surface area contributed by atoms with Crippen LogP contribution in [0.25, 0.3) is 11.4 Å². The Labute approximate surface area is 156 Å². The number of amides is 2. The van der Waals surface area contributed by atoms with Crippen LogP contribution in [0, 0.1) is 0 Å². The molecular formula is C18H18N8O. The van der Waals surface area contributed by atoms with Crippen LogP contribution >= 0.6 is 0 Å². The Balaban J connectivity index is 1.39. The highest BCUT2D eigenvalue weighted by atomic mass is 16.2. The zero-order chi connectivity index (χ0) is 18.5. The molecule has 0 radical (unpaired) electrons. The SMILES string of the molecule is O=C(Nc1cccnn1)N1CCN(c2ncnc(-c3ccccc3)n2)CC1. The molecule has 1 saturated heterocycles. The Morgan fingerprint density at radius 2 is 1.78 bits per heavy atom. The molecule has 136 valence electrons. The van der Waals surface area contributed by atoms with Gasteiger partial charge in [0.1, 0.15) is 6.33 Å². The summed E-state index contributed by atoms with van der Waals surface area (Å²) in [4.78, 5) is 29.3. The Kier molecular flexibility index (Phi) is 4.82. The Morgan fingerprint density at radius 1 is 0.963 bits per heavy atom. The van der Waals surface area contributed by atoms with Crippen molar-refractivity contribution in [1.29, 1.82) is 0 Å².